The Morgan fingerprint density at radius 2 is 2.18 bits per heavy atom. The lowest BCUT2D eigenvalue weighted by molar-refractivity contribution is 0.502. The maximum Gasteiger partial charge on any atom is 0.154 e. The molecule has 0 amide bonds. The van der Waals surface area contributed by atoms with E-state index in [4.69, 9.17) is 0 Å². The van der Waals surface area contributed by atoms with E-state index in [-0.39, 0.29) is 5.25 Å². The van der Waals surface area contributed by atoms with Crippen LogP contribution in [0.25, 0.3) is 0 Å². The summed E-state index contributed by atoms with van der Waals surface area (Å²) in [5.41, 5.74) is 1.34. The van der Waals surface area contributed by atoms with Gasteiger partial charge in [-0.1, -0.05) is 11.6 Å². The molecule has 0 spiro atoms. The SMILES string of the molecule is CC(C)=CCC[C@H](C)NC[C@@H]1CCCS1(=O)=O. The molecule has 2 atom stereocenters. The number of rotatable bonds is 6. The van der Waals surface area contributed by atoms with Crippen LogP contribution in [0.15, 0.2) is 11.6 Å². The van der Waals surface area contributed by atoms with E-state index in [1.165, 1.54) is 5.57 Å². The molecule has 0 aliphatic carbocycles. The summed E-state index contributed by atoms with van der Waals surface area (Å²) in [6, 6.07) is 0.390. The van der Waals surface area contributed by atoms with Gasteiger partial charge < -0.3 is 5.32 Å². The highest BCUT2D eigenvalue weighted by Crippen LogP contribution is 2.19. The molecule has 1 saturated heterocycles. The van der Waals surface area contributed by atoms with Gasteiger partial charge in [0.1, 0.15) is 0 Å². The van der Waals surface area contributed by atoms with Gasteiger partial charge in [-0.15, -0.1) is 0 Å². The Labute approximate surface area is 106 Å². The molecule has 0 radical (unpaired) electrons. The molecule has 0 unspecified atom stereocenters. The first-order valence-corrected chi connectivity index (χ1v) is 8.21. The normalized spacial score (nSPS) is 24.5. The highest BCUT2D eigenvalue weighted by molar-refractivity contribution is 7.92. The molecule has 0 aromatic rings. The largest absolute Gasteiger partial charge is 0.313 e. The number of hydrogen-bond acceptors (Lipinski definition) is 3. The minimum Gasteiger partial charge on any atom is -0.313 e. The Morgan fingerprint density at radius 3 is 2.71 bits per heavy atom. The zero-order chi connectivity index (χ0) is 12.9. The summed E-state index contributed by atoms with van der Waals surface area (Å²) in [6.45, 7) is 6.95. The molecule has 17 heavy (non-hydrogen) atoms. The fourth-order valence-corrected chi connectivity index (χ4v) is 3.92. The Hall–Kier alpha value is -0.350. The Morgan fingerprint density at radius 1 is 1.47 bits per heavy atom. The van der Waals surface area contributed by atoms with E-state index in [0.717, 1.165) is 25.7 Å². The molecule has 0 bridgehead atoms. The quantitative estimate of drug-likeness (QED) is 0.744. The molecule has 0 aromatic heterocycles. The molecule has 0 aromatic carbocycles. The van der Waals surface area contributed by atoms with Crippen LogP contribution in [-0.4, -0.2) is 32.0 Å². The summed E-state index contributed by atoms with van der Waals surface area (Å²) in [5, 5.41) is 3.20. The van der Waals surface area contributed by atoms with Crippen LogP contribution in [-0.2, 0) is 9.84 Å². The zero-order valence-electron chi connectivity index (χ0n) is 11.2. The van der Waals surface area contributed by atoms with E-state index < -0.39 is 9.84 Å². The smallest absolute Gasteiger partial charge is 0.154 e. The number of nitrogens with one attached hydrogen (secondary N) is 1. The van der Waals surface area contributed by atoms with Crippen molar-refractivity contribution in [2.24, 2.45) is 0 Å². The van der Waals surface area contributed by atoms with Crippen molar-refractivity contribution >= 4 is 9.84 Å². The second-order valence-corrected chi connectivity index (χ2v) is 7.70. The minimum atomic E-state index is -2.79. The zero-order valence-corrected chi connectivity index (χ0v) is 12.0. The van der Waals surface area contributed by atoms with Crippen LogP contribution in [0.5, 0.6) is 0 Å². The van der Waals surface area contributed by atoms with Crippen LogP contribution < -0.4 is 5.32 Å². The third-order valence-corrected chi connectivity index (χ3v) is 5.58. The van der Waals surface area contributed by atoms with Gasteiger partial charge in [0.2, 0.25) is 0 Å². The van der Waals surface area contributed by atoms with Crippen LogP contribution >= 0.6 is 0 Å². The molecule has 1 heterocycles. The third-order valence-electron chi connectivity index (χ3n) is 3.31. The molecule has 0 saturated carbocycles. The first kappa shape index (κ1) is 14.7. The molecule has 1 aliphatic heterocycles. The van der Waals surface area contributed by atoms with E-state index in [1.54, 1.807) is 0 Å². The molecule has 4 heteroatoms. The molecule has 100 valence electrons. The van der Waals surface area contributed by atoms with Gasteiger partial charge in [0.15, 0.2) is 9.84 Å². The fraction of sp³-hybridized carbons (Fsp3) is 0.846. The van der Waals surface area contributed by atoms with Crippen LogP contribution in [0.1, 0.15) is 46.5 Å². The van der Waals surface area contributed by atoms with Crippen molar-refractivity contribution in [1.29, 1.82) is 0 Å². The molecule has 1 aliphatic rings. The maximum atomic E-state index is 11.6. The van der Waals surface area contributed by atoms with Gasteiger partial charge in [-0.25, -0.2) is 8.42 Å². The van der Waals surface area contributed by atoms with Crippen LogP contribution in [0.3, 0.4) is 0 Å². The Bertz CT molecular complexity index is 356. The molecular formula is C13H25NO2S. The van der Waals surface area contributed by atoms with Gasteiger partial charge in [-0.05, 0) is 46.5 Å². The second-order valence-electron chi connectivity index (χ2n) is 5.30. The predicted molar refractivity (Wildman–Crippen MR) is 72.9 cm³/mol. The molecular weight excluding hydrogens is 234 g/mol. The average molecular weight is 259 g/mol. The molecule has 3 nitrogen and oxygen atoms in total. The van der Waals surface area contributed by atoms with Crippen molar-refractivity contribution < 1.29 is 8.42 Å². The lowest BCUT2D eigenvalue weighted by Crippen LogP contribution is -2.35. The van der Waals surface area contributed by atoms with E-state index in [9.17, 15) is 8.42 Å². The first-order chi connectivity index (χ1) is 7.92. The highest BCUT2D eigenvalue weighted by atomic mass is 32.2. The predicted octanol–water partition coefficient (Wildman–Crippen LogP) is 2.29. The van der Waals surface area contributed by atoms with E-state index in [2.05, 4.69) is 32.2 Å². The molecule has 1 fully saturated rings. The van der Waals surface area contributed by atoms with Gasteiger partial charge in [0.05, 0.1) is 11.0 Å². The number of sulfone groups is 1. The van der Waals surface area contributed by atoms with Gasteiger partial charge in [-0.2, -0.15) is 0 Å². The molecule has 1 rings (SSSR count). The maximum absolute atomic E-state index is 11.6. The van der Waals surface area contributed by atoms with Gasteiger partial charge in [0, 0.05) is 12.6 Å². The summed E-state index contributed by atoms with van der Waals surface area (Å²) in [7, 11) is -2.79. The van der Waals surface area contributed by atoms with Crippen molar-refractivity contribution in [3.05, 3.63) is 11.6 Å². The lowest BCUT2D eigenvalue weighted by Gasteiger charge is -2.16. The fourth-order valence-electron chi connectivity index (χ4n) is 2.14. The Kier molecular flexibility index (Phi) is 5.67. The number of hydrogen-bond donors (Lipinski definition) is 1. The van der Waals surface area contributed by atoms with E-state index in [1.807, 2.05) is 0 Å². The van der Waals surface area contributed by atoms with Crippen molar-refractivity contribution in [3.8, 4) is 0 Å². The van der Waals surface area contributed by atoms with Gasteiger partial charge in [-0.3, -0.25) is 0 Å². The average Bonchev–Trinajstić information content (AvgIpc) is 2.54. The van der Waals surface area contributed by atoms with Crippen molar-refractivity contribution in [2.75, 3.05) is 12.3 Å². The first-order valence-electron chi connectivity index (χ1n) is 6.50. The minimum absolute atomic E-state index is 0.145. The summed E-state index contributed by atoms with van der Waals surface area (Å²) < 4.78 is 23.3. The summed E-state index contributed by atoms with van der Waals surface area (Å²) >= 11 is 0. The highest BCUT2D eigenvalue weighted by Gasteiger charge is 2.30. The molecule has 1 N–H and O–H groups in total. The summed E-state index contributed by atoms with van der Waals surface area (Å²) in [4.78, 5) is 0. The van der Waals surface area contributed by atoms with E-state index in [0.29, 0.717) is 18.3 Å². The third kappa shape index (κ3) is 5.21. The van der Waals surface area contributed by atoms with Gasteiger partial charge in [0.25, 0.3) is 0 Å². The lowest BCUT2D eigenvalue weighted by atomic mass is 10.1. The Balaban J connectivity index is 2.24. The van der Waals surface area contributed by atoms with Crippen molar-refractivity contribution in [2.45, 2.75) is 57.7 Å². The standard InChI is InChI=1S/C13H25NO2S/c1-11(2)6-4-7-12(3)14-10-13-8-5-9-17(13,15)16/h6,12-14H,4-5,7-10H2,1-3H3/t12-,13-/m0/s1. The second kappa shape index (κ2) is 6.55. The summed E-state index contributed by atoms with van der Waals surface area (Å²) in [6.07, 6.45) is 6.02. The van der Waals surface area contributed by atoms with Crippen molar-refractivity contribution in [1.82, 2.24) is 5.32 Å². The summed E-state index contributed by atoms with van der Waals surface area (Å²) in [5.74, 6) is 0.380. The van der Waals surface area contributed by atoms with Crippen LogP contribution in [0.4, 0.5) is 0 Å². The van der Waals surface area contributed by atoms with E-state index >= 15 is 0 Å². The monoisotopic (exact) mass is 259 g/mol. The number of allylic oxidation sites excluding steroid dienone is 2. The van der Waals surface area contributed by atoms with Gasteiger partial charge >= 0.3 is 0 Å². The van der Waals surface area contributed by atoms with Crippen LogP contribution in [0, 0.1) is 0 Å². The van der Waals surface area contributed by atoms with Crippen molar-refractivity contribution in [3.63, 3.8) is 0 Å². The topological polar surface area (TPSA) is 46.2 Å². The van der Waals surface area contributed by atoms with Crippen LogP contribution in [0.2, 0.25) is 0 Å².